The van der Waals surface area contributed by atoms with Crippen LogP contribution in [0.1, 0.15) is 25.0 Å². The van der Waals surface area contributed by atoms with Crippen molar-refractivity contribution in [3.63, 3.8) is 0 Å². The van der Waals surface area contributed by atoms with Gasteiger partial charge < -0.3 is 4.57 Å². The van der Waals surface area contributed by atoms with Gasteiger partial charge in [-0.05, 0) is 90.3 Å². The number of hydrogen-bond acceptors (Lipinski definition) is 0. The predicted molar refractivity (Wildman–Crippen MR) is 180 cm³/mol. The van der Waals surface area contributed by atoms with Crippen LogP contribution in [0.3, 0.4) is 0 Å². The lowest BCUT2D eigenvalue weighted by Crippen LogP contribution is -2.15. The van der Waals surface area contributed by atoms with Gasteiger partial charge in [-0.2, -0.15) is 0 Å². The lowest BCUT2D eigenvalue weighted by atomic mass is 9.78. The molecule has 0 bridgehead atoms. The third-order valence-electron chi connectivity index (χ3n) is 10.0. The average Bonchev–Trinajstić information content (AvgIpc) is 3.48. The number of rotatable bonds is 1. The molecule has 9 aromatic rings. The summed E-state index contributed by atoms with van der Waals surface area (Å²) in [4.78, 5) is 0. The Kier molecular flexibility index (Phi) is 4.06. The Balaban J connectivity index is 1.39. The van der Waals surface area contributed by atoms with Crippen LogP contribution >= 0.6 is 0 Å². The fraction of sp³-hybridized carbons (Fsp3) is 0.0732. The van der Waals surface area contributed by atoms with Gasteiger partial charge in [-0.15, -0.1) is 0 Å². The van der Waals surface area contributed by atoms with Crippen molar-refractivity contribution in [3.05, 3.63) is 139 Å². The largest absolute Gasteiger partial charge is 0.309 e. The molecule has 0 fully saturated rings. The van der Waals surface area contributed by atoms with Crippen molar-refractivity contribution >= 4 is 64.9 Å². The van der Waals surface area contributed by atoms with E-state index in [0.717, 1.165) is 0 Å². The maximum atomic E-state index is 2.49. The summed E-state index contributed by atoms with van der Waals surface area (Å²) in [5.74, 6) is 0. The summed E-state index contributed by atoms with van der Waals surface area (Å²) in [6.07, 6.45) is 0. The van der Waals surface area contributed by atoms with Gasteiger partial charge in [0.2, 0.25) is 0 Å². The quantitative estimate of drug-likeness (QED) is 0.185. The van der Waals surface area contributed by atoms with Crippen LogP contribution in [0.15, 0.2) is 127 Å². The molecule has 1 heterocycles. The second kappa shape index (κ2) is 7.57. The highest BCUT2D eigenvalue weighted by Gasteiger charge is 2.37. The van der Waals surface area contributed by atoms with Gasteiger partial charge in [-0.25, -0.2) is 0 Å². The zero-order chi connectivity index (χ0) is 27.7. The van der Waals surface area contributed by atoms with E-state index < -0.39 is 0 Å². The molecule has 0 atom stereocenters. The van der Waals surface area contributed by atoms with Crippen molar-refractivity contribution in [2.24, 2.45) is 0 Å². The van der Waals surface area contributed by atoms with Gasteiger partial charge in [0, 0.05) is 27.3 Å². The highest BCUT2D eigenvalue weighted by molar-refractivity contribution is 6.32. The number of nitrogens with zero attached hydrogens (tertiary/aromatic N) is 1. The maximum Gasteiger partial charge on any atom is 0.0620 e. The third kappa shape index (κ3) is 2.65. The van der Waals surface area contributed by atoms with Gasteiger partial charge in [-0.1, -0.05) is 111 Å². The van der Waals surface area contributed by atoms with E-state index >= 15 is 0 Å². The first-order chi connectivity index (χ1) is 20.6. The van der Waals surface area contributed by atoms with Crippen molar-refractivity contribution in [2.75, 3.05) is 0 Å². The van der Waals surface area contributed by atoms with Gasteiger partial charge in [0.1, 0.15) is 0 Å². The summed E-state index contributed by atoms with van der Waals surface area (Å²) in [6.45, 7) is 4.79. The smallest absolute Gasteiger partial charge is 0.0620 e. The summed E-state index contributed by atoms with van der Waals surface area (Å²) in [5, 5.41) is 13.2. The van der Waals surface area contributed by atoms with Crippen LogP contribution in [0.4, 0.5) is 0 Å². The second-order valence-electron chi connectivity index (χ2n) is 12.5. The average molecular weight is 534 g/mol. The lowest BCUT2D eigenvalue weighted by Gasteiger charge is -2.24. The van der Waals surface area contributed by atoms with Gasteiger partial charge >= 0.3 is 0 Å². The molecule has 8 aromatic carbocycles. The minimum Gasteiger partial charge on any atom is -0.309 e. The van der Waals surface area contributed by atoms with Crippen molar-refractivity contribution in [1.29, 1.82) is 0 Å². The number of aromatic nitrogens is 1. The van der Waals surface area contributed by atoms with Crippen molar-refractivity contribution in [1.82, 2.24) is 4.57 Å². The van der Waals surface area contributed by atoms with Crippen LogP contribution in [0.5, 0.6) is 0 Å². The summed E-state index contributed by atoms with van der Waals surface area (Å²) >= 11 is 0. The molecule has 1 heteroatoms. The van der Waals surface area contributed by atoms with Crippen LogP contribution in [-0.4, -0.2) is 4.57 Å². The monoisotopic (exact) mass is 533 g/mol. The molecule has 10 rings (SSSR count). The van der Waals surface area contributed by atoms with Gasteiger partial charge in [0.25, 0.3) is 0 Å². The standard InChI is InChI=1S/C41H27N/c1-41(2)35-13-7-5-11-29(35)33-22-26-17-20-32-38-27(16-19-31(37(26)38)39(33)41)23-34-30-12-6-8-14-36(30)42(40(32)34)28-18-15-24-9-3-4-10-25(24)21-28/h3-23H,1-2H3. The Bertz CT molecular complexity index is 2590. The van der Waals surface area contributed by atoms with Crippen molar-refractivity contribution in [2.45, 2.75) is 19.3 Å². The van der Waals surface area contributed by atoms with Crippen molar-refractivity contribution < 1.29 is 0 Å². The molecule has 196 valence electrons. The maximum absolute atomic E-state index is 2.49. The zero-order valence-corrected chi connectivity index (χ0v) is 23.6. The number of fused-ring (bicyclic) bond motifs is 9. The Labute approximate surface area is 243 Å². The SMILES string of the molecule is CC1(C)c2ccccc2-c2cc3ccc4c5c(ccc(c21)c35)cc1c2ccccc2n(-c2ccc3ccccc3c2)c14. The highest BCUT2D eigenvalue weighted by Crippen LogP contribution is 2.54. The second-order valence-corrected chi connectivity index (χ2v) is 12.5. The van der Waals surface area contributed by atoms with E-state index in [0.29, 0.717) is 0 Å². The first-order valence-corrected chi connectivity index (χ1v) is 14.9. The fourth-order valence-corrected chi connectivity index (χ4v) is 8.27. The molecule has 0 saturated carbocycles. The molecule has 1 aliphatic carbocycles. The van der Waals surface area contributed by atoms with Gasteiger partial charge in [0.15, 0.2) is 0 Å². The van der Waals surface area contributed by atoms with Crippen LogP contribution in [-0.2, 0) is 5.41 Å². The predicted octanol–water partition coefficient (Wildman–Crippen LogP) is 11.1. The third-order valence-corrected chi connectivity index (χ3v) is 10.0. The summed E-state index contributed by atoms with van der Waals surface area (Å²) in [7, 11) is 0. The van der Waals surface area contributed by atoms with E-state index in [4.69, 9.17) is 0 Å². The highest BCUT2D eigenvalue weighted by atomic mass is 15.0. The Hall–Kier alpha value is -5.14. The normalized spacial score (nSPS) is 14.1. The summed E-state index contributed by atoms with van der Waals surface area (Å²) in [6, 6.07) is 47.7. The first-order valence-electron chi connectivity index (χ1n) is 14.9. The molecular formula is C41H27N. The molecule has 1 nitrogen and oxygen atoms in total. The Morgan fingerprint density at radius 3 is 2.07 bits per heavy atom. The topological polar surface area (TPSA) is 4.93 Å². The van der Waals surface area contributed by atoms with E-state index in [1.807, 2.05) is 0 Å². The molecule has 0 radical (unpaired) electrons. The van der Waals surface area contributed by atoms with E-state index in [9.17, 15) is 0 Å². The number of hydrogen-bond donors (Lipinski definition) is 0. The Morgan fingerprint density at radius 2 is 1.17 bits per heavy atom. The molecule has 0 amide bonds. The summed E-state index contributed by atoms with van der Waals surface area (Å²) in [5.41, 5.74) is 9.33. The zero-order valence-electron chi connectivity index (χ0n) is 23.6. The van der Waals surface area contributed by atoms with Crippen LogP contribution < -0.4 is 0 Å². The minimum atomic E-state index is -0.0520. The van der Waals surface area contributed by atoms with Crippen molar-refractivity contribution in [3.8, 4) is 16.8 Å². The first kappa shape index (κ1) is 22.5. The lowest BCUT2D eigenvalue weighted by molar-refractivity contribution is 0.666. The van der Waals surface area contributed by atoms with E-state index in [2.05, 4.69) is 146 Å². The van der Waals surface area contributed by atoms with Gasteiger partial charge in [0.05, 0.1) is 11.0 Å². The Morgan fingerprint density at radius 1 is 0.476 bits per heavy atom. The van der Waals surface area contributed by atoms with E-state index in [-0.39, 0.29) is 5.41 Å². The van der Waals surface area contributed by atoms with Crippen LogP contribution in [0, 0.1) is 0 Å². The minimum absolute atomic E-state index is 0.0520. The summed E-state index contributed by atoms with van der Waals surface area (Å²) < 4.78 is 2.49. The van der Waals surface area contributed by atoms with Gasteiger partial charge in [-0.3, -0.25) is 0 Å². The van der Waals surface area contributed by atoms with Crippen LogP contribution in [0.25, 0.3) is 81.7 Å². The molecular weight excluding hydrogens is 506 g/mol. The molecule has 0 saturated heterocycles. The molecule has 0 N–H and O–H groups in total. The molecule has 1 aromatic heterocycles. The van der Waals surface area contributed by atoms with E-state index in [1.165, 1.54) is 92.8 Å². The fourth-order valence-electron chi connectivity index (χ4n) is 8.27. The molecule has 0 spiro atoms. The number of para-hydroxylation sites is 1. The molecule has 0 unspecified atom stereocenters. The van der Waals surface area contributed by atoms with Crippen LogP contribution in [0.2, 0.25) is 0 Å². The number of benzene rings is 8. The molecule has 1 aliphatic rings. The molecule has 42 heavy (non-hydrogen) atoms. The van der Waals surface area contributed by atoms with E-state index in [1.54, 1.807) is 0 Å². The molecule has 0 aliphatic heterocycles.